The molecule has 0 aliphatic rings. The summed E-state index contributed by atoms with van der Waals surface area (Å²) >= 11 is 1.21. The standard InChI is InChI=1S/C18H16N2O2S/c1-12(17(21)22)23-18-19-15(13-8-4-2-5-9-13)16(20-18)14-10-6-3-7-11-14/h2-12H,1H3,(H,19,20)(H,21,22)/t12-/m1/s1. The Balaban J connectivity index is 2.06. The van der Waals surface area contributed by atoms with E-state index in [2.05, 4.69) is 9.97 Å². The van der Waals surface area contributed by atoms with E-state index in [9.17, 15) is 4.79 Å². The predicted octanol–water partition coefficient (Wildman–Crippen LogP) is 4.31. The van der Waals surface area contributed by atoms with Gasteiger partial charge in [-0.2, -0.15) is 0 Å². The topological polar surface area (TPSA) is 66.0 Å². The number of aromatic nitrogens is 2. The summed E-state index contributed by atoms with van der Waals surface area (Å²) in [6.07, 6.45) is 0. The third-order valence-corrected chi connectivity index (χ3v) is 4.40. The molecule has 116 valence electrons. The molecule has 1 atom stereocenters. The maximum Gasteiger partial charge on any atom is 0.316 e. The van der Waals surface area contributed by atoms with Crippen molar-refractivity contribution in [2.75, 3.05) is 0 Å². The molecule has 4 nitrogen and oxygen atoms in total. The summed E-state index contributed by atoms with van der Waals surface area (Å²) in [6.45, 7) is 1.65. The van der Waals surface area contributed by atoms with Crippen molar-refractivity contribution in [3.8, 4) is 22.5 Å². The van der Waals surface area contributed by atoms with Crippen molar-refractivity contribution >= 4 is 17.7 Å². The number of nitrogens with zero attached hydrogens (tertiary/aromatic N) is 1. The second-order valence-corrected chi connectivity index (χ2v) is 6.43. The minimum Gasteiger partial charge on any atom is -0.480 e. The molecule has 0 spiro atoms. The number of imidazole rings is 1. The summed E-state index contributed by atoms with van der Waals surface area (Å²) < 4.78 is 0. The van der Waals surface area contributed by atoms with Gasteiger partial charge in [-0.15, -0.1) is 0 Å². The van der Waals surface area contributed by atoms with Gasteiger partial charge in [-0.1, -0.05) is 72.4 Å². The molecular weight excluding hydrogens is 308 g/mol. The van der Waals surface area contributed by atoms with E-state index in [4.69, 9.17) is 5.11 Å². The Bertz CT molecular complexity index is 743. The molecule has 23 heavy (non-hydrogen) atoms. The third-order valence-electron chi connectivity index (χ3n) is 3.43. The lowest BCUT2D eigenvalue weighted by molar-refractivity contribution is -0.136. The molecule has 0 radical (unpaired) electrons. The predicted molar refractivity (Wildman–Crippen MR) is 92.4 cm³/mol. The molecule has 0 amide bonds. The molecule has 0 saturated heterocycles. The Morgan fingerprint density at radius 2 is 1.61 bits per heavy atom. The number of carboxylic acids is 1. The number of hydrogen-bond acceptors (Lipinski definition) is 3. The smallest absolute Gasteiger partial charge is 0.316 e. The summed E-state index contributed by atoms with van der Waals surface area (Å²) in [4.78, 5) is 19.0. The van der Waals surface area contributed by atoms with Gasteiger partial charge in [-0.3, -0.25) is 4.79 Å². The fraction of sp³-hybridized carbons (Fsp3) is 0.111. The van der Waals surface area contributed by atoms with Crippen molar-refractivity contribution in [2.24, 2.45) is 0 Å². The highest BCUT2D eigenvalue weighted by molar-refractivity contribution is 8.00. The number of benzene rings is 2. The summed E-state index contributed by atoms with van der Waals surface area (Å²) in [5.74, 6) is -0.853. The molecule has 0 aliphatic carbocycles. The number of thioether (sulfide) groups is 1. The van der Waals surface area contributed by atoms with Crippen LogP contribution in [0.25, 0.3) is 22.5 Å². The minimum absolute atomic E-state index is 0.562. The van der Waals surface area contributed by atoms with E-state index in [1.165, 1.54) is 11.8 Å². The van der Waals surface area contributed by atoms with Crippen LogP contribution in [0.1, 0.15) is 6.92 Å². The van der Waals surface area contributed by atoms with Crippen molar-refractivity contribution in [3.63, 3.8) is 0 Å². The third kappa shape index (κ3) is 3.46. The van der Waals surface area contributed by atoms with Crippen LogP contribution in [-0.2, 0) is 4.79 Å². The molecule has 1 aromatic heterocycles. The molecule has 0 saturated carbocycles. The van der Waals surface area contributed by atoms with E-state index in [1.54, 1.807) is 6.92 Å². The number of carbonyl (C=O) groups is 1. The number of carboxylic acid groups (broad SMARTS) is 1. The maximum atomic E-state index is 11.1. The molecule has 2 N–H and O–H groups in total. The lowest BCUT2D eigenvalue weighted by atomic mass is 10.1. The van der Waals surface area contributed by atoms with E-state index in [1.807, 2.05) is 60.7 Å². The summed E-state index contributed by atoms with van der Waals surface area (Å²) in [6, 6.07) is 19.8. The van der Waals surface area contributed by atoms with Gasteiger partial charge in [-0.25, -0.2) is 4.98 Å². The Morgan fingerprint density at radius 1 is 1.04 bits per heavy atom. The lowest BCUT2D eigenvalue weighted by Crippen LogP contribution is -2.11. The molecule has 0 aliphatic heterocycles. The van der Waals surface area contributed by atoms with Crippen molar-refractivity contribution in [3.05, 3.63) is 60.7 Å². The molecule has 1 heterocycles. The SMILES string of the molecule is C[C@@H](Sc1nc(-c2ccccc2)c(-c2ccccc2)[nH]1)C(=O)O. The fourth-order valence-corrected chi connectivity index (χ4v) is 2.98. The van der Waals surface area contributed by atoms with Gasteiger partial charge in [0.05, 0.1) is 11.4 Å². The van der Waals surface area contributed by atoms with Crippen LogP contribution in [0.5, 0.6) is 0 Å². The van der Waals surface area contributed by atoms with E-state index in [0.29, 0.717) is 5.16 Å². The van der Waals surface area contributed by atoms with Crippen molar-refractivity contribution < 1.29 is 9.90 Å². The molecule has 0 fully saturated rings. The van der Waals surface area contributed by atoms with Crippen LogP contribution in [0.15, 0.2) is 65.8 Å². The number of aliphatic carboxylic acids is 1. The molecule has 3 aromatic rings. The molecule has 5 heteroatoms. The average molecular weight is 324 g/mol. The molecular formula is C18H16N2O2S. The van der Waals surface area contributed by atoms with Crippen molar-refractivity contribution in [2.45, 2.75) is 17.3 Å². The molecule has 0 bridgehead atoms. The normalized spacial score (nSPS) is 12.0. The monoisotopic (exact) mass is 324 g/mol. The van der Waals surface area contributed by atoms with Gasteiger partial charge in [0.15, 0.2) is 5.16 Å². The van der Waals surface area contributed by atoms with Gasteiger partial charge in [0.2, 0.25) is 0 Å². The van der Waals surface area contributed by atoms with E-state index < -0.39 is 11.2 Å². The number of aromatic amines is 1. The van der Waals surface area contributed by atoms with Crippen LogP contribution >= 0.6 is 11.8 Å². The Morgan fingerprint density at radius 3 is 2.17 bits per heavy atom. The number of H-pyrrole nitrogens is 1. The quantitative estimate of drug-likeness (QED) is 0.686. The highest BCUT2D eigenvalue weighted by atomic mass is 32.2. The highest BCUT2D eigenvalue weighted by Gasteiger charge is 2.18. The van der Waals surface area contributed by atoms with Crippen LogP contribution in [-0.4, -0.2) is 26.3 Å². The second kappa shape index (κ2) is 6.71. The largest absolute Gasteiger partial charge is 0.480 e. The first kappa shape index (κ1) is 15.4. The van der Waals surface area contributed by atoms with Crippen molar-refractivity contribution in [1.82, 2.24) is 9.97 Å². The summed E-state index contributed by atoms with van der Waals surface area (Å²) in [5.41, 5.74) is 3.75. The highest BCUT2D eigenvalue weighted by Crippen LogP contribution is 2.33. The molecule has 0 unspecified atom stereocenters. The summed E-state index contributed by atoms with van der Waals surface area (Å²) in [7, 11) is 0. The molecule has 3 rings (SSSR count). The van der Waals surface area contributed by atoms with Gasteiger partial charge in [0, 0.05) is 11.1 Å². The van der Waals surface area contributed by atoms with Gasteiger partial charge in [-0.05, 0) is 6.92 Å². The zero-order chi connectivity index (χ0) is 16.2. The van der Waals surface area contributed by atoms with E-state index in [-0.39, 0.29) is 0 Å². The van der Waals surface area contributed by atoms with Crippen LogP contribution in [0.3, 0.4) is 0 Å². The zero-order valence-electron chi connectivity index (χ0n) is 12.6. The van der Waals surface area contributed by atoms with Gasteiger partial charge in [0.25, 0.3) is 0 Å². The Kier molecular flexibility index (Phi) is 4.48. The van der Waals surface area contributed by atoms with Gasteiger partial charge < -0.3 is 10.1 Å². The van der Waals surface area contributed by atoms with Crippen LogP contribution in [0, 0.1) is 0 Å². The van der Waals surface area contributed by atoms with Gasteiger partial charge in [0.1, 0.15) is 5.25 Å². The van der Waals surface area contributed by atoms with E-state index >= 15 is 0 Å². The average Bonchev–Trinajstić information content (AvgIpc) is 3.00. The van der Waals surface area contributed by atoms with Crippen LogP contribution < -0.4 is 0 Å². The summed E-state index contributed by atoms with van der Waals surface area (Å²) in [5, 5.41) is 9.14. The van der Waals surface area contributed by atoms with Crippen molar-refractivity contribution in [1.29, 1.82) is 0 Å². The number of hydrogen-bond donors (Lipinski definition) is 2. The van der Waals surface area contributed by atoms with Crippen LogP contribution in [0.2, 0.25) is 0 Å². The van der Waals surface area contributed by atoms with Gasteiger partial charge >= 0.3 is 5.97 Å². The van der Waals surface area contributed by atoms with Crippen LogP contribution in [0.4, 0.5) is 0 Å². The number of nitrogens with one attached hydrogen (secondary N) is 1. The first-order valence-corrected chi connectivity index (χ1v) is 8.13. The first-order valence-electron chi connectivity index (χ1n) is 7.25. The minimum atomic E-state index is -0.853. The second-order valence-electron chi connectivity index (χ2n) is 5.10. The lowest BCUT2D eigenvalue weighted by Gasteiger charge is -2.02. The fourth-order valence-electron chi connectivity index (χ4n) is 2.24. The number of rotatable bonds is 5. The van der Waals surface area contributed by atoms with E-state index in [0.717, 1.165) is 22.5 Å². The Labute approximate surface area is 138 Å². The Hall–Kier alpha value is -2.53. The maximum absolute atomic E-state index is 11.1. The molecule has 2 aromatic carbocycles. The first-order chi connectivity index (χ1) is 11.1. The zero-order valence-corrected chi connectivity index (χ0v) is 13.4.